The van der Waals surface area contributed by atoms with Gasteiger partial charge in [-0.3, -0.25) is 9.59 Å². The van der Waals surface area contributed by atoms with Gasteiger partial charge in [-0.25, -0.2) is 0 Å². The van der Waals surface area contributed by atoms with E-state index in [-0.39, 0.29) is 11.9 Å². The first-order chi connectivity index (χ1) is 18.4. The number of quaternary nitrogens is 1. The molecule has 2 bridgehead atoms. The molecule has 3 aromatic carbocycles. The topological polar surface area (TPSA) is 102 Å². The van der Waals surface area contributed by atoms with Crippen LogP contribution in [0.1, 0.15) is 40.7 Å². The first-order valence-electron chi connectivity index (χ1n) is 13.5. The van der Waals surface area contributed by atoms with Crippen LogP contribution in [0.2, 0.25) is 0 Å². The molecule has 3 saturated heterocycles. The number of rotatable bonds is 8. The Bertz CT molecular complexity index is 1330. The highest BCUT2D eigenvalue weighted by Gasteiger charge is 2.51. The maximum absolute atomic E-state index is 13.8. The van der Waals surface area contributed by atoms with Crippen LogP contribution >= 0.6 is 0 Å². The predicted octanol–water partition coefficient (Wildman–Crippen LogP) is 3.20. The van der Waals surface area contributed by atoms with Crippen LogP contribution < -0.4 is 15.8 Å². The van der Waals surface area contributed by atoms with E-state index < -0.39 is 11.5 Å². The Balaban J connectivity index is 1.13. The Morgan fingerprint density at radius 3 is 2.21 bits per heavy atom. The Hall–Kier alpha value is -3.68. The molecule has 0 saturated carbocycles. The number of primary amides is 1. The number of hydrogen-bond acceptors (Lipinski definition) is 4. The standard InChI is InChI=1S/C31H33N3O4/c32-29(35)24-10-3-6-13-28(24)38-19-7-16-34-17-14-21(15-18-34)27(20-34)33-30(36)31(37)25-11-4-1-8-22(25)23-9-2-5-12-26(23)31/h1-6,8-13,21,27,37H,7,14-20H2,(H2-,32,33,35,36)/p+1/t21?,27-,34?/m0/s1. The van der Waals surface area contributed by atoms with Crippen molar-refractivity contribution in [2.45, 2.75) is 30.9 Å². The highest BCUT2D eigenvalue weighted by molar-refractivity contribution is 5.99. The van der Waals surface area contributed by atoms with E-state index in [2.05, 4.69) is 5.32 Å². The van der Waals surface area contributed by atoms with E-state index in [1.807, 2.05) is 54.6 Å². The average molecular weight is 513 g/mol. The Morgan fingerprint density at radius 1 is 0.947 bits per heavy atom. The van der Waals surface area contributed by atoms with Gasteiger partial charge in [-0.1, -0.05) is 60.7 Å². The van der Waals surface area contributed by atoms with E-state index >= 15 is 0 Å². The number of nitrogens with two attached hydrogens (primary N) is 1. The molecular formula is C31H34N3O4+. The van der Waals surface area contributed by atoms with E-state index in [1.165, 1.54) is 0 Å². The quantitative estimate of drug-likeness (QED) is 0.319. The summed E-state index contributed by atoms with van der Waals surface area (Å²) >= 11 is 0. The summed E-state index contributed by atoms with van der Waals surface area (Å²) in [6, 6.07) is 22.4. The molecule has 4 N–H and O–H groups in total. The summed E-state index contributed by atoms with van der Waals surface area (Å²) in [5.41, 5.74) is 7.31. The van der Waals surface area contributed by atoms with Crippen LogP contribution in [0.3, 0.4) is 0 Å². The number of hydrogen-bond donors (Lipinski definition) is 3. The van der Waals surface area contributed by atoms with Crippen LogP contribution in [0, 0.1) is 5.92 Å². The number of aliphatic hydroxyl groups is 1. The minimum absolute atomic E-state index is 0.0189. The van der Waals surface area contributed by atoms with Gasteiger partial charge in [-0.2, -0.15) is 0 Å². The zero-order valence-electron chi connectivity index (χ0n) is 21.4. The molecule has 3 aliphatic heterocycles. The molecule has 1 aliphatic carbocycles. The number of benzene rings is 3. The number of piperidine rings is 3. The summed E-state index contributed by atoms with van der Waals surface area (Å²) < 4.78 is 6.86. The second-order valence-corrected chi connectivity index (χ2v) is 11.0. The molecular weight excluding hydrogens is 478 g/mol. The third-order valence-corrected chi connectivity index (χ3v) is 8.86. The molecule has 2 amide bonds. The summed E-state index contributed by atoms with van der Waals surface area (Å²) in [6.07, 6.45) is 2.95. The van der Waals surface area contributed by atoms with Gasteiger partial charge >= 0.3 is 0 Å². The van der Waals surface area contributed by atoms with Gasteiger partial charge in [0.2, 0.25) is 0 Å². The minimum Gasteiger partial charge on any atom is -0.493 e. The van der Waals surface area contributed by atoms with Crippen molar-refractivity contribution in [1.82, 2.24) is 5.32 Å². The van der Waals surface area contributed by atoms with Gasteiger partial charge in [0.1, 0.15) is 5.75 Å². The van der Waals surface area contributed by atoms with Crippen molar-refractivity contribution in [3.05, 3.63) is 89.5 Å². The molecule has 3 aromatic rings. The van der Waals surface area contributed by atoms with Crippen LogP contribution in [0.25, 0.3) is 11.1 Å². The highest BCUT2D eigenvalue weighted by Crippen LogP contribution is 2.47. The molecule has 0 aromatic heterocycles. The summed E-state index contributed by atoms with van der Waals surface area (Å²) in [5.74, 6) is 0.118. The summed E-state index contributed by atoms with van der Waals surface area (Å²) in [6.45, 7) is 4.47. The van der Waals surface area contributed by atoms with Gasteiger partial charge in [0.15, 0.2) is 5.60 Å². The normalized spacial score (nSPS) is 24.3. The van der Waals surface area contributed by atoms with Crippen LogP contribution in [-0.4, -0.2) is 60.2 Å². The highest BCUT2D eigenvalue weighted by atomic mass is 16.5. The molecule has 0 unspecified atom stereocenters. The molecule has 0 radical (unpaired) electrons. The fraction of sp³-hybridized carbons (Fsp3) is 0.355. The molecule has 7 rings (SSSR count). The molecule has 196 valence electrons. The van der Waals surface area contributed by atoms with Crippen LogP contribution in [0.4, 0.5) is 0 Å². The van der Waals surface area contributed by atoms with Crippen molar-refractivity contribution >= 4 is 11.8 Å². The maximum Gasteiger partial charge on any atom is 0.261 e. The van der Waals surface area contributed by atoms with Crippen LogP contribution in [0.15, 0.2) is 72.8 Å². The van der Waals surface area contributed by atoms with E-state index in [4.69, 9.17) is 10.5 Å². The SMILES string of the molecule is NC(=O)c1ccccc1OCCC[N+]12CCC(CC1)[C@@H](NC(=O)C1(O)c3ccccc3-c3ccccc31)C2. The molecule has 3 heterocycles. The van der Waals surface area contributed by atoms with Crippen molar-refractivity contribution in [3.63, 3.8) is 0 Å². The number of carbonyl (C=O) groups is 2. The first kappa shape index (κ1) is 24.6. The lowest BCUT2D eigenvalue weighted by atomic mass is 9.80. The Morgan fingerprint density at radius 2 is 1.55 bits per heavy atom. The monoisotopic (exact) mass is 512 g/mol. The smallest absolute Gasteiger partial charge is 0.261 e. The van der Waals surface area contributed by atoms with Crippen molar-refractivity contribution in [2.75, 3.05) is 32.8 Å². The van der Waals surface area contributed by atoms with E-state index in [9.17, 15) is 14.7 Å². The summed E-state index contributed by atoms with van der Waals surface area (Å²) in [5, 5.41) is 15.2. The number of amides is 2. The average Bonchev–Trinajstić information content (AvgIpc) is 3.21. The molecule has 0 spiro atoms. The maximum atomic E-state index is 13.8. The second-order valence-electron chi connectivity index (χ2n) is 11.0. The minimum atomic E-state index is -1.69. The Labute approximate surface area is 222 Å². The van der Waals surface area contributed by atoms with Gasteiger partial charge in [0.05, 0.1) is 44.4 Å². The van der Waals surface area contributed by atoms with Gasteiger partial charge in [-0.05, 0) is 29.2 Å². The number of ether oxygens (including phenoxy) is 1. The van der Waals surface area contributed by atoms with Crippen molar-refractivity contribution in [2.24, 2.45) is 11.7 Å². The van der Waals surface area contributed by atoms with Gasteiger partial charge in [-0.15, -0.1) is 0 Å². The lowest BCUT2D eigenvalue weighted by Crippen LogP contribution is -2.68. The van der Waals surface area contributed by atoms with Crippen LogP contribution in [0.5, 0.6) is 5.75 Å². The van der Waals surface area contributed by atoms with Crippen LogP contribution in [-0.2, 0) is 10.4 Å². The summed E-state index contributed by atoms with van der Waals surface area (Å²) in [4.78, 5) is 25.5. The number of nitrogens with one attached hydrogen (secondary N) is 1. The van der Waals surface area contributed by atoms with E-state index in [0.717, 1.165) is 61.1 Å². The number of para-hydroxylation sites is 1. The van der Waals surface area contributed by atoms with Crippen molar-refractivity contribution < 1.29 is 23.9 Å². The predicted molar refractivity (Wildman–Crippen MR) is 144 cm³/mol. The van der Waals surface area contributed by atoms with Gasteiger partial charge in [0, 0.05) is 30.4 Å². The summed E-state index contributed by atoms with van der Waals surface area (Å²) in [7, 11) is 0. The largest absolute Gasteiger partial charge is 0.493 e. The third-order valence-electron chi connectivity index (χ3n) is 8.86. The lowest BCUT2D eigenvalue weighted by molar-refractivity contribution is -0.944. The fourth-order valence-electron chi connectivity index (χ4n) is 6.87. The molecule has 38 heavy (non-hydrogen) atoms. The van der Waals surface area contributed by atoms with Crippen molar-refractivity contribution in [1.29, 1.82) is 0 Å². The first-order valence-corrected chi connectivity index (χ1v) is 13.5. The molecule has 1 atom stereocenters. The molecule has 4 aliphatic rings. The number of carbonyl (C=O) groups excluding carboxylic acids is 2. The molecule has 7 nitrogen and oxygen atoms in total. The van der Waals surface area contributed by atoms with Gasteiger partial charge < -0.3 is 25.4 Å². The zero-order chi connectivity index (χ0) is 26.3. The zero-order valence-corrected chi connectivity index (χ0v) is 21.4. The third kappa shape index (κ3) is 4.06. The van der Waals surface area contributed by atoms with Gasteiger partial charge in [0.25, 0.3) is 11.8 Å². The number of nitrogens with zero attached hydrogens (tertiary/aromatic N) is 1. The fourth-order valence-corrected chi connectivity index (χ4v) is 6.87. The van der Waals surface area contributed by atoms with Crippen molar-refractivity contribution in [3.8, 4) is 16.9 Å². The second kappa shape index (κ2) is 9.57. The number of fused-ring (bicyclic) bond motifs is 6. The Kier molecular flexibility index (Phi) is 6.20. The molecule has 7 heteroatoms. The van der Waals surface area contributed by atoms with E-state index in [1.54, 1.807) is 18.2 Å². The molecule has 3 fully saturated rings. The van der Waals surface area contributed by atoms with E-state index in [0.29, 0.717) is 35.0 Å². The lowest BCUT2D eigenvalue weighted by Gasteiger charge is -2.53.